The van der Waals surface area contributed by atoms with Crippen molar-refractivity contribution in [2.45, 2.75) is 209 Å². The molecule has 0 amide bonds. The molecule has 0 fully saturated rings. The molecule has 123 heavy (non-hydrogen) atoms. The van der Waals surface area contributed by atoms with Crippen LogP contribution in [0.2, 0.25) is 0 Å². The molecule has 0 spiro atoms. The molecule has 2 aromatic heterocycles. The van der Waals surface area contributed by atoms with Gasteiger partial charge in [0.05, 0.1) is 45.9 Å². The minimum absolute atomic E-state index is 0.127. The number of benzene rings is 14. The van der Waals surface area contributed by atoms with Crippen LogP contribution in [0.5, 0.6) is 0 Å². The van der Waals surface area contributed by atoms with Crippen LogP contribution < -0.4 is 26.2 Å². The lowest BCUT2D eigenvalue weighted by atomic mass is 9.33. The molecular weight excluding hydrogens is 1490 g/mol. The van der Waals surface area contributed by atoms with E-state index in [0.717, 1.165) is 150 Å². The molecule has 0 aliphatic carbocycles. The summed E-state index contributed by atoms with van der Waals surface area (Å²) < 4.78 is 51.2. The van der Waals surface area contributed by atoms with Crippen molar-refractivity contribution in [2.24, 2.45) is 0 Å². The van der Waals surface area contributed by atoms with E-state index in [4.69, 9.17) is 4.11 Å². The van der Waals surface area contributed by atoms with Gasteiger partial charge in [-0.15, -0.1) is 0 Å². The quantitative estimate of drug-likeness (QED) is 0.135. The summed E-state index contributed by atoms with van der Waals surface area (Å²) >= 11 is 0. The topological polar surface area (TPSA) is 40.1 Å². The molecule has 16 aromatic rings. The number of rotatable bonds is 9. The number of anilines is 6. The Morgan fingerprint density at radius 2 is 0.683 bits per heavy atom. The van der Waals surface area contributed by atoms with Crippen molar-refractivity contribution < 1.29 is 6.85 Å². The predicted octanol–water partition coefficient (Wildman–Crippen LogP) is 30.6. The highest BCUT2D eigenvalue weighted by molar-refractivity contribution is 7.00. The molecule has 2 aliphatic heterocycles. The summed E-state index contributed by atoms with van der Waals surface area (Å²) in [6.07, 6.45) is 0. The average Bonchev–Trinajstić information content (AvgIpc) is 0.729. The summed E-state index contributed by atoms with van der Waals surface area (Å²) in [5, 5.41) is 17.5. The van der Waals surface area contributed by atoms with Crippen LogP contribution in [-0.2, 0) is 43.3 Å². The van der Waals surface area contributed by atoms with Gasteiger partial charge in [0.25, 0.3) is 6.71 Å². The summed E-state index contributed by atoms with van der Waals surface area (Å²) in [5.41, 5.74) is 30.9. The molecule has 0 saturated heterocycles. The first-order chi connectivity index (χ1) is 60.1. The fourth-order valence-electron chi connectivity index (χ4n) is 18.9. The first-order valence-electron chi connectivity index (χ1n) is 46.5. The standard InChI is InChI=1S/C117H118BN5/c1-110(2,3)80-47-52-101-93(64-80)94-65-81(111(4,5)6)48-53-102(94)120(101)87-49-51-98-105(69-87)123(109-91(73-38-29-26-30-39-73)66-86(116(19,20)21)67-92(109)76-41-35-40-74(54-76)72-36-27-25-28-37-72)107-61-79(78-57-84(114(13,14)15)63-85(58-78)115(16,17)18)60-106-108(107)118(98)97-50-46-75(77-55-82(112(7,8)9)62-83(56-77)113(10,11)12)59-104(97)122(106)103-70-88(68-96(95(103)71-119)117(22,23)24)121-99-44-33-31-42-89(99)90-43-32-34-45-100(90)121/h25-70H,1-24H3/i25D,27D,28D,36D,37D. The zero-order valence-corrected chi connectivity index (χ0v) is 76.5. The molecule has 0 atom stereocenters. The maximum Gasteiger partial charge on any atom is 0.252 e. The average molecular weight is 1610 g/mol. The lowest BCUT2D eigenvalue weighted by Gasteiger charge is -2.46. The second kappa shape index (κ2) is 29.0. The second-order valence-corrected chi connectivity index (χ2v) is 43.2. The summed E-state index contributed by atoms with van der Waals surface area (Å²) in [4.78, 5) is 5.11. The lowest BCUT2D eigenvalue weighted by Crippen LogP contribution is -2.61. The van der Waals surface area contributed by atoms with Crippen LogP contribution in [0.4, 0.5) is 34.1 Å². The molecule has 0 unspecified atom stereocenters. The van der Waals surface area contributed by atoms with Crippen molar-refractivity contribution in [1.29, 1.82) is 5.26 Å². The summed E-state index contributed by atoms with van der Waals surface area (Å²) in [6, 6.07) is 95.1. The van der Waals surface area contributed by atoms with Crippen LogP contribution in [0.25, 0.3) is 111 Å². The Morgan fingerprint density at radius 3 is 1.20 bits per heavy atom. The Balaban J connectivity index is 1.07. The van der Waals surface area contributed by atoms with Gasteiger partial charge < -0.3 is 18.9 Å². The number of nitriles is 1. The van der Waals surface area contributed by atoms with Gasteiger partial charge in [0.2, 0.25) is 0 Å². The maximum absolute atomic E-state index is 12.8. The van der Waals surface area contributed by atoms with E-state index >= 15 is 0 Å². The van der Waals surface area contributed by atoms with Crippen LogP contribution in [0, 0.1) is 11.3 Å². The van der Waals surface area contributed by atoms with Crippen molar-refractivity contribution in [3.8, 4) is 73.1 Å². The third-order valence-electron chi connectivity index (χ3n) is 26.2. The highest BCUT2D eigenvalue weighted by Gasteiger charge is 2.47. The Morgan fingerprint density at radius 1 is 0.276 bits per heavy atom. The minimum Gasteiger partial charge on any atom is -0.310 e. The number of hydrogen-bond acceptors (Lipinski definition) is 3. The SMILES string of the molecule is [2H]c1c([2H])c([2H])c(-c2cccc(-c3cc(C(C)(C)C)cc(-c4ccccc4)c3N3c4cc(-n5c6ccc(C(C)(C)C)cc6c6cc(C(C)(C)C)ccc65)ccc4B4c5ccc(-c6cc(C(C)(C)C)cc(C(C)(C)C)c6)cc5N(c5cc(-n6c7ccccc7c7ccccc76)cc(C(C)(C)C)c5C#N)c5cc(-c6cc(C(C)(C)C)cc(C(C)(C)C)c6)cc3c54)c2)c([2H])c1[2H]. The van der Waals surface area contributed by atoms with Crippen LogP contribution in [0.15, 0.2) is 279 Å². The molecule has 0 radical (unpaired) electrons. The minimum atomic E-state index is -0.566. The number of fused-ring (bicyclic) bond motifs is 10. The second-order valence-electron chi connectivity index (χ2n) is 43.2. The van der Waals surface area contributed by atoms with Crippen LogP contribution >= 0.6 is 0 Å². The van der Waals surface area contributed by atoms with Crippen molar-refractivity contribution in [2.75, 3.05) is 9.80 Å². The number of para-hydroxylation sites is 2. The predicted molar refractivity (Wildman–Crippen MR) is 531 cm³/mol. The normalized spacial score (nSPS) is 14.0. The van der Waals surface area contributed by atoms with E-state index in [1.165, 1.54) is 44.2 Å². The Hall–Kier alpha value is -12.2. The van der Waals surface area contributed by atoms with Gasteiger partial charge in [-0.05, 0) is 246 Å². The van der Waals surface area contributed by atoms with E-state index in [0.29, 0.717) is 11.1 Å². The van der Waals surface area contributed by atoms with Crippen LogP contribution in [-0.4, -0.2) is 15.8 Å². The van der Waals surface area contributed by atoms with Gasteiger partial charge in [0.1, 0.15) is 6.07 Å². The highest BCUT2D eigenvalue weighted by atomic mass is 15.2. The molecule has 0 N–H and O–H groups in total. The van der Waals surface area contributed by atoms with Gasteiger partial charge >= 0.3 is 0 Å². The van der Waals surface area contributed by atoms with Gasteiger partial charge in [-0.3, -0.25) is 0 Å². The van der Waals surface area contributed by atoms with Gasteiger partial charge in [-0.2, -0.15) is 5.26 Å². The van der Waals surface area contributed by atoms with E-state index in [1.54, 1.807) is 0 Å². The number of aromatic nitrogens is 2. The third kappa shape index (κ3) is 14.4. The van der Waals surface area contributed by atoms with E-state index in [-0.39, 0.29) is 50.1 Å². The zero-order chi connectivity index (χ0) is 91.4. The first kappa shape index (κ1) is 75.8. The molecule has 4 heterocycles. The molecule has 0 saturated carbocycles. The molecular formula is C117H118BN5. The molecule has 14 aromatic carbocycles. The van der Waals surface area contributed by atoms with E-state index in [9.17, 15) is 8.00 Å². The fourth-order valence-corrected chi connectivity index (χ4v) is 18.9. The van der Waals surface area contributed by atoms with Crippen molar-refractivity contribution >= 4 is 101 Å². The van der Waals surface area contributed by atoms with Crippen molar-refractivity contribution in [3.63, 3.8) is 0 Å². The molecule has 5 nitrogen and oxygen atoms in total. The van der Waals surface area contributed by atoms with Crippen LogP contribution in [0.3, 0.4) is 0 Å². The van der Waals surface area contributed by atoms with E-state index in [1.807, 2.05) is 18.2 Å². The van der Waals surface area contributed by atoms with E-state index < -0.39 is 35.7 Å². The Labute approximate surface area is 738 Å². The summed E-state index contributed by atoms with van der Waals surface area (Å²) in [7, 11) is 0. The lowest BCUT2D eigenvalue weighted by molar-refractivity contribution is 0.568. The number of hydrogen-bond donors (Lipinski definition) is 0. The van der Waals surface area contributed by atoms with Crippen LogP contribution in [0.1, 0.15) is 223 Å². The largest absolute Gasteiger partial charge is 0.310 e. The number of nitrogens with zero attached hydrogens (tertiary/aromatic N) is 5. The van der Waals surface area contributed by atoms with Gasteiger partial charge in [0.15, 0.2) is 0 Å². The zero-order valence-electron chi connectivity index (χ0n) is 81.5. The van der Waals surface area contributed by atoms with Gasteiger partial charge in [-0.25, -0.2) is 0 Å². The molecule has 2 aliphatic rings. The third-order valence-corrected chi connectivity index (χ3v) is 26.2. The monoisotopic (exact) mass is 1610 g/mol. The van der Waals surface area contributed by atoms with Crippen molar-refractivity contribution in [3.05, 3.63) is 329 Å². The first-order valence-corrected chi connectivity index (χ1v) is 44.0. The molecule has 0 bridgehead atoms. The van der Waals surface area contributed by atoms with E-state index in [2.05, 4.69) is 422 Å². The molecule has 6 heteroatoms. The Bertz CT molecular complexity index is 7140. The van der Waals surface area contributed by atoms with Gasteiger partial charge in [0, 0.05) is 66.8 Å². The molecule has 614 valence electrons. The summed E-state index contributed by atoms with van der Waals surface area (Å²) in [6.45, 7) is 54.7. The smallest absolute Gasteiger partial charge is 0.252 e. The summed E-state index contributed by atoms with van der Waals surface area (Å²) in [5.74, 6) is 0. The maximum atomic E-state index is 12.8. The Kier molecular flexibility index (Phi) is 17.9. The van der Waals surface area contributed by atoms with Crippen molar-refractivity contribution in [1.82, 2.24) is 9.13 Å². The van der Waals surface area contributed by atoms with Gasteiger partial charge in [-0.1, -0.05) is 348 Å². The highest BCUT2D eigenvalue weighted by Crippen LogP contribution is 2.56. The molecule has 18 rings (SSSR count). The fraction of sp³-hybridized carbons (Fsp3) is 0.274.